The third-order valence-corrected chi connectivity index (χ3v) is 3.53. The van der Waals surface area contributed by atoms with Gasteiger partial charge in [-0.05, 0) is 30.7 Å². The van der Waals surface area contributed by atoms with Crippen molar-refractivity contribution in [1.29, 1.82) is 0 Å². The number of benzene rings is 1. The number of rotatable bonds is 4. The lowest BCUT2D eigenvalue weighted by Crippen LogP contribution is -2.45. The molecule has 1 aromatic rings. The van der Waals surface area contributed by atoms with Gasteiger partial charge in [0.1, 0.15) is 11.4 Å². The van der Waals surface area contributed by atoms with E-state index in [9.17, 15) is 9.90 Å². The Kier molecular flexibility index (Phi) is 4.07. The van der Waals surface area contributed by atoms with Gasteiger partial charge in [0.2, 0.25) is 0 Å². The SMILES string of the molecule is COC1(CNC(=O)c2ccc(O)cc2C)CCOC1. The van der Waals surface area contributed by atoms with Gasteiger partial charge in [-0.15, -0.1) is 0 Å². The number of methoxy groups -OCH3 is 1. The molecular weight excluding hydrogens is 246 g/mol. The minimum Gasteiger partial charge on any atom is -0.508 e. The van der Waals surface area contributed by atoms with E-state index in [1.165, 1.54) is 6.07 Å². The van der Waals surface area contributed by atoms with Crippen LogP contribution in [0.1, 0.15) is 22.3 Å². The Balaban J connectivity index is 2.01. The molecule has 1 unspecified atom stereocenters. The lowest BCUT2D eigenvalue weighted by molar-refractivity contribution is -0.0148. The van der Waals surface area contributed by atoms with Gasteiger partial charge in [-0.1, -0.05) is 0 Å². The molecule has 0 spiro atoms. The fourth-order valence-electron chi connectivity index (χ4n) is 2.20. The summed E-state index contributed by atoms with van der Waals surface area (Å²) in [5.74, 6) is -0.00701. The highest BCUT2D eigenvalue weighted by Crippen LogP contribution is 2.22. The van der Waals surface area contributed by atoms with Crippen LogP contribution in [0.15, 0.2) is 18.2 Å². The van der Waals surface area contributed by atoms with Crippen LogP contribution in [0.25, 0.3) is 0 Å². The van der Waals surface area contributed by atoms with E-state index in [4.69, 9.17) is 9.47 Å². The number of amides is 1. The van der Waals surface area contributed by atoms with E-state index < -0.39 is 5.60 Å². The molecule has 5 heteroatoms. The van der Waals surface area contributed by atoms with Crippen LogP contribution in [0.2, 0.25) is 0 Å². The molecule has 1 aromatic carbocycles. The fourth-order valence-corrected chi connectivity index (χ4v) is 2.20. The van der Waals surface area contributed by atoms with Crippen LogP contribution in [-0.2, 0) is 9.47 Å². The highest BCUT2D eigenvalue weighted by atomic mass is 16.5. The topological polar surface area (TPSA) is 67.8 Å². The van der Waals surface area contributed by atoms with Crippen molar-refractivity contribution >= 4 is 5.91 Å². The second-order valence-corrected chi connectivity index (χ2v) is 4.87. The number of carbonyl (C=O) groups is 1. The van der Waals surface area contributed by atoms with Crippen molar-refractivity contribution in [2.45, 2.75) is 18.9 Å². The van der Waals surface area contributed by atoms with Gasteiger partial charge in [-0.3, -0.25) is 4.79 Å². The van der Waals surface area contributed by atoms with Crippen LogP contribution in [0, 0.1) is 6.92 Å². The quantitative estimate of drug-likeness (QED) is 0.859. The fraction of sp³-hybridized carbons (Fsp3) is 0.500. The van der Waals surface area contributed by atoms with Gasteiger partial charge in [-0.25, -0.2) is 0 Å². The van der Waals surface area contributed by atoms with Crippen LogP contribution >= 0.6 is 0 Å². The number of hydrogen-bond acceptors (Lipinski definition) is 4. The molecule has 1 aliphatic heterocycles. The molecule has 1 aliphatic rings. The van der Waals surface area contributed by atoms with E-state index in [1.54, 1.807) is 26.2 Å². The molecule has 1 saturated heterocycles. The lowest BCUT2D eigenvalue weighted by Gasteiger charge is -2.26. The highest BCUT2D eigenvalue weighted by molar-refractivity contribution is 5.95. The van der Waals surface area contributed by atoms with E-state index >= 15 is 0 Å². The molecule has 0 aromatic heterocycles. The number of phenols is 1. The Morgan fingerprint density at radius 2 is 2.37 bits per heavy atom. The Morgan fingerprint density at radius 1 is 1.58 bits per heavy atom. The molecule has 0 saturated carbocycles. The second kappa shape index (κ2) is 5.59. The molecule has 2 N–H and O–H groups in total. The maximum Gasteiger partial charge on any atom is 0.251 e. The summed E-state index contributed by atoms with van der Waals surface area (Å²) in [5, 5.41) is 12.2. The van der Waals surface area contributed by atoms with E-state index in [0.717, 1.165) is 12.0 Å². The van der Waals surface area contributed by atoms with Gasteiger partial charge >= 0.3 is 0 Å². The first kappa shape index (κ1) is 13.8. The predicted octanol–water partition coefficient (Wildman–Crippen LogP) is 1.24. The molecule has 1 amide bonds. The largest absolute Gasteiger partial charge is 0.508 e. The first-order valence-corrected chi connectivity index (χ1v) is 6.27. The molecule has 1 heterocycles. The molecule has 1 atom stereocenters. The third-order valence-electron chi connectivity index (χ3n) is 3.53. The number of aryl methyl sites for hydroxylation is 1. The van der Waals surface area contributed by atoms with E-state index in [1.807, 2.05) is 0 Å². The molecule has 2 rings (SSSR count). The molecule has 5 nitrogen and oxygen atoms in total. The minimum atomic E-state index is -0.416. The van der Waals surface area contributed by atoms with Gasteiger partial charge in [-0.2, -0.15) is 0 Å². The van der Waals surface area contributed by atoms with E-state index in [-0.39, 0.29) is 11.7 Å². The van der Waals surface area contributed by atoms with Gasteiger partial charge in [0, 0.05) is 32.2 Å². The maximum atomic E-state index is 12.1. The van der Waals surface area contributed by atoms with Crippen molar-refractivity contribution in [3.8, 4) is 5.75 Å². The second-order valence-electron chi connectivity index (χ2n) is 4.87. The van der Waals surface area contributed by atoms with Crippen LogP contribution in [-0.4, -0.2) is 43.5 Å². The summed E-state index contributed by atoms with van der Waals surface area (Å²) in [6.45, 7) is 3.36. The van der Waals surface area contributed by atoms with Crippen molar-refractivity contribution in [3.63, 3.8) is 0 Å². The summed E-state index contributed by atoms with van der Waals surface area (Å²) >= 11 is 0. The minimum absolute atomic E-state index is 0.159. The van der Waals surface area contributed by atoms with Crippen molar-refractivity contribution < 1.29 is 19.4 Å². The van der Waals surface area contributed by atoms with Gasteiger partial charge < -0.3 is 19.9 Å². The molecule has 19 heavy (non-hydrogen) atoms. The summed E-state index contributed by atoms with van der Waals surface area (Å²) in [6, 6.07) is 4.69. The molecular formula is C14H19NO4. The molecule has 0 aliphatic carbocycles. The third kappa shape index (κ3) is 3.05. The standard InChI is InChI=1S/C14H19NO4/c1-10-7-11(16)3-4-12(10)13(17)15-8-14(18-2)5-6-19-9-14/h3-4,7,16H,5-6,8-9H2,1-2H3,(H,15,17). The molecule has 0 radical (unpaired) electrons. The maximum absolute atomic E-state index is 12.1. The first-order valence-electron chi connectivity index (χ1n) is 6.27. The van der Waals surface area contributed by atoms with Crippen LogP contribution in [0.4, 0.5) is 0 Å². The highest BCUT2D eigenvalue weighted by Gasteiger charge is 2.35. The zero-order valence-electron chi connectivity index (χ0n) is 11.2. The van der Waals surface area contributed by atoms with Crippen molar-refractivity contribution in [3.05, 3.63) is 29.3 Å². The van der Waals surface area contributed by atoms with Gasteiger partial charge in [0.05, 0.1) is 6.61 Å². The first-order chi connectivity index (χ1) is 9.06. The van der Waals surface area contributed by atoms with Crippen LogP contribution in [0.3, 0.4) is 0 Å². The molecule has 1 fully saturated rings. The van der Waals surface area contributed by atoms with Gasteiger partial charge in [0.15, 0.2) is 0 Å². The zero-order chi connectivity index (χ0) is 13.9. The summed E-state index contributed by atoms with van der Waals surface area (Å²) in [6.07, 6.45) is 0.776. The number of phenolic OH excluding ortho intramolecular Hbond substituents is 1. The number of hydrogen-bond donors (Lipinski definition) is 2. The Labute approximate surface area is 112 Å². The zero-order valence-corrected chi connectivity index (χ0v) is 11.2. The number of aromatic hydroxyl groups is 1. The Morgan fingerprint density at radius 3 is 2.95 bits per heavy atom. The van der Waals surface area contributed by atoms with Crippen molar-refractivity contribution in [2.75, 3.05) is 26.9 Å². The summed E-state index contributed by atoms with van der Waals surface area (Å²) < 4.78 is 10.8. The normalized spacial score (nSPS) is 22.4. The summed E-state index contributed by atoms with van der Waals surface area (Å²) in [4.78, 5) is 12.1. The Bertz CT molecular complexity index is 467. The number of ether oxygens (including phenoxy) is 2. The monoisotopic (exact) mass is 265 g/mol. The van der Waals surface area contributed by atoms with E-state index in [2.05, 4.69) is 5.32 Å². The smallest absolute Gasteiger partial charge is 0.251 e. The molecule has 0 bridgehead atoms. The summed E-state index contributed by atoms with van der Waals surface area (Å²) in [5.41, 5.74) is 0.884. The van der Waals surface area contributed by atoms with E-state index in [0.29, 0.717) is 25.3 Å². The van der Waals surface area contributed by atoms with Crippen LogP contribution < -0.4 is 5.32 Å². The predicted molar refractivity (Wildman–Crippen MR) is 70.4 cm³/mol. The average molecular weight is 265 g/mol. The van der Waals surface area contributed by atoms with Crippen molar-refractivity contribution in [1.82, 2.24) is 5.32 Å². The lowest BCUT2D eigenvalue weighted by atomic mass is 10.0. The molecule has 104 valence electrons. The Hall–Kier alpha value is -1.59. The van der Waals surface area contributed by atoms with Crippen molar-refractivity contribution in [2.24, 2.45) is 0 Å². The number of nitrogens with one attached hydrogen (secondary N) is 1. The average Bonchev–Trinajstić information content (AvgIpc) is 2.85. The number of carbonyl (C=O) groups excluding carboxylic acids is 1. The van der Waals surface area contributed by atoms with Crippen LogP contribution in [0.5, 0.6) is 5.75 Å². The summed E-state index contributed by atoms with van der Waals surface area (Å²) in [7, 11) is 1.63. The van der Waals surface area contributed by atoms with Gasteiger partial charge in [0.25, 0.3) is 5.91 Å².